The number of ether oxygens (including phenoxy) is 1. The third kappa shape index (κ3) is 3.33. The van der Waals surface area contributed by atoms with E-state index >= 15 is 0 Å². The largest absolute Gasteiger partial charge is 0.463 e. The lowest BCUT2D eigenvalue weighted by atomic mass is 9.94. The minimum atomic E-state index is -0.664. The number of benzene rings is 1. The zero-order chi connectivity index (χ0) is 19.8. The zero-order valence-corrected chi connectivity index (χ0v) is 17.1. The maximum atomic E-state index is 13.6. The van der Waals surface area contributed by atoms with E-state index < -0.39 is 17.8 Å². The van der Waals surface area contributed by atoms with Crippen LogP contribution < -0.4 is 0 Å². The first-order valence-corrected chi connectivity index (χ1v) is 10.4. The second-order valence-corrected chi connectivity index (χ2v) is 8.16. The number of halogens is 2. The third-order valence-electron chi connectivity index (χ3n) is 4.83. The van der Waals surface area contributed by atoms with Gasteiger partial charge in [0.25, 0.3) is 0 Å². The van der Waals surface area contributed by atoms with Crippen LogP contribution in [0.3, 0.4) is 0 Å². The molecule has 2 atom stereocenters. The molecule has 1 fully saturated rings. The van der Waals surface area contributed by atoms with Gasteiger partial charge in [0.15, 0.2) is 10.8 Å². The Morgan fingerprint density at radius 2 is 2.29 bits per heavy atom. The van der Waals surface area contributed by atoms with Crippen molar-refractivity contribution in [1.82, 2.24) is 9.88 Å². The second-order valence-electron chi connectivity index (χ2n) is 6.86. The van der Waals surface area contributed by atoms with E-state index in [1.165, 1.54) is 23.5 Å². The van der Waals surface area contributed by atoms with Crippen LogP contribution in [-0.2, 0) is 9.53 Å². The lowest BCUT2D eigenvalue weighted by Crippen LogP contribution is -2.35. The molecule has 1 aromatic heterocycles. The molecule has 1 saturated heterocycles. The van der Waals surface area contributed by atoms with Gasteiger partial charge in [0.2, 0.25) is 0 Å². The SMILES string of the molecule is CCOC(=O)C1=C2C[C@H](C)CN2C(c2nccs2)=N[C@@H]1c1ccc(F)cc1Cl. The summed E-state index contributed by atoms with van der Waals surface area (Å²) in [6.45, 7) is 4.91. The summed E-state index contributed by atoms with van der Waals surface area (Å²) in [4.78, 5) is 24.2. The highest BCUT2D eigenvalue weighted by molar-refractivity contribution is 7.11. The summed E-state index contributed by atoms with van der Waals surface area (Å²) in [5.74, 6) is 0.221. The predicted molar refractivity (Wildman–Crippen MR) is 107 cm³/mol. The minimum absolute atomic E-state index is 0.231. The Balaban J connectivity index is 1.91. The molecule has 3 heterocycles. The molecular weight excluding hydrogens is 401 g/mol. The Hall–Kier alpha value is -2.25. The molecule has 1 aromatic carbocycles. The van der Waals surface area contributed by atoms with E-state index in [9.17, 15) is 9.18 Å². The van der Waals surface area contributed by atoms with Gasteiger partial charge in [-0.05, 0) is 31.4 Å². The summed E-state index contributed by atoms with van der Waals surface area (Å²) in [6.07, 6.45) is 2.46. The number of allylic oxidation sites excluding steroid dienone is 1. The lowest BCUT2D eigenvalue weighted by Gasteiger charge is -2.31. The fourth-order valence-electron chi connectivity index (χ4n) is 3.70. The van der Waals surface area contributed by atoms with Crippen LogP contribution in [0.5, 0.6) is 0 Å². The molecule has 28 heavy (non-hydrogen) atoms. The highest BCUT2D eigenvalue weighted by Gasteiger charge is 2.41. The number of amidine groups is 1. The monoisotopic (exact) mass is 419 g/mol. The fourth-order valence-corrected chi connectivity index (χ4v) is 4.61. The average Bonchev–Trinajstić information content (AvgIpc) is 3.29. The second kappa shape index (κ2) is 7.64. The van der Waals surface area contributed by atoms with E-state index in [0.717, 1.165) is 23.7 Å². The number of carbonyl (C=O) groups excluding carboxylic acids is 1. The van der Waals surface area contributed by atoms with Gasteiger partial charge in [-0.2, -0.15) is 0 Å². The molecule has 146 valence electrons. The van der Waals surface area contributed by atoms with Crippen LogP contribution in [0.2, 0.25) is 5.02 Å². The molecule has 0 unspecified atom stereocenters. The van der Waals surface area contributed by atoms with E-state index in [1.807, 2.05) is 5.38 Å². The van der Waals surface area contributed by atoms with Gasteiger partial charge in [0.05, 0.1) is 12.2 Å². The van der Waals surface area contributed by atoms with E-state index in [-0.39, 0.29) is 11.6 Å². The number of rotatable bonds is 4. The number of aromatic nitrogens is 1. The molecule has 2 aliphatic rings. The van der Waals surface area contributed by atoms with Crippen LogP contribution in [0.15, 0.2) is 46.0 Å². The number of thiazole rings is 1. The Bertz CT molecular complexity index is 974. The highest BCUT2D eigenvalue weighted by atomic mass is 35.5. The normalized spacial score (nSPS) is 21.6. The summed E-state index contributed by atoms with van der Waals surface area (Å²) >= 11 is 7.83. The number of nitrogens with zero attached hydrogens (tertiary/aromatic N) is 3. The first-order valence-electron chi connectivity index (χ1n) is 9.09. The number of hydrogen-bond acceptors (Lipinski definition) is 6. The van der Waals surface area contributed by atoms with Crippen molar-refractivity contribution in [3.05, 3.63) is 62.5 Å². The predicted octanol–water partition coefficient (Wildman–Crippen LogP) is 4.60. The van der Waals surface area contributed by atoms with Crippen molar-refractivity contribution >= 4 is 34.7 Å². The molecular formula is C20H19ClFN3O2S. The summed E-state index contributed by atoms with van der Waals surface area (Å²) in [7, 11) is 0. The molecule has 2 aromatic rings. The Kier molecular flexibility index (Phi) is 5.21. The van der Waals surface area contributed by atoms with Crippen LogP contribution in [0.25, 0.3) is 0 Å². The van der Waals surface area contributed by atoms with Gasteiger partial charge in [-0.15, -0.1) is 11.3 Å². The third-order valence-corrected chi connectivity index (χ3v) is 5.93. The van der Waals surface area contributed by atoms with Crippen molar-refractivity contribution in [2.45, 2.75) is 26.3 Å². The van der Waals surface area contributed by atoms with Crippen molar-refractivity contribution in [2.75, 3.05) is 13.2 Å². The molecule has 5 nitrogen and oxygen atoms in total. The van der Waals surface area contributed by atoms with Crippen molar-refractivity contribution in [3.63, 3.8) is 0 Å². The average molecular weight is 420 g/mol. The van der Waals surface area contributed by atoms with Crippen molar-refractivity contribution < 1.29 is 13.9 Å². The molecule has 0 radical (unpaired) electrons. The molecule has 0 saturated carbocycles. The molecule has 0 N–H and O–H groups in total. The summed E-state index contributed by atoms with van der Waals surface area (Å²) in [5, 5.41) is 2.90. The molecule has 0 spiro atoms. The van der Waals surface area contributed by atoms with Crippen molar-refractivity contribution in [2.24, 2.45) is 10.9 Å². The number of esters is 1. The number of hydrogen-bond donors (Lipinski definition) is 0. The van der Waals surface area contributed by atoms with Gasteiger partial charge in [0.1, 0.15) is 11.9 Å². The zero-order valence-electron chi connectivity index (χ0n) is 15.5. The van der Waals surface area contributed by atoms with Gasteiger partial charge < -0.3 is 9.64 Å². The highest BCUT2D eigenvalue weighted by Crippen LogP contribution is 2.43. The van der Waals surface area contributed by atoms with Gasteiger partial charge in [0, 0.05) is 34.4 Å². The topological polar surface area (TPSA) is 54.8 Å². The molecule has 0 bridgehead atoms. The minimum Gasteiger partial charge on any atom is -0.463 e. The molecule has 0 amide bonds. The van der Waals surface area contributed by atoms with Crippen LogP contribution in [0, 0.1) is 11.7 Å². The molecule has 4 rings (SSSR count). The van der Waals surface area contributed by atoms with Crippen LogP contribution in [0.1, 0.15) is 36.9 Å². The van der Waals surface area contributed by atoms with E-state index in [1.54, 1.807) is 19.2 Å². The first kappa shape index (κ1) is 19.1. The quantitative estimate of drug-likeness (QED) is 0.680. The van der Waals surface area contributed by atoms with Gasteiger partial charge in [-0.3, -0.25) is 4.99 Å². The summed E-state index contributed by atoms with van der Waals surface area (Å²) < 4.78 is 19.0. The summed E-state index contributed by atoms with van der Waals surface area (Å²) in [5.41, 5.74) is 1.93. The number of fused-ring (bicyclic) bond motifs is 1. The molecule has 2 aliphatic heterocycles. The summed E-state index contributed by atoms with van der Waals surface area (Å²) in [6, 6.07) is 3.49. The first-order chi connectivity index (χ1) is 13.5. The number of carbonyl (C=O) groups is 1. The van der Waals surface area contributed by atoms with Gasteiger partial charge >= 0.3 is 5.97 Å². The Labute approximate surface area is 171 Å². The Morgan fingerprint density at radius 1 is 1.46 bits per heavy atom. The maximum absolute atomic E-state index is 13.6. The smallest absolute Gasteiger partial charge is 0.338 e. The number of aliphatic imine (C=N–C) groups is 1. The van der Waals surface area contributed by atoms with Crippen molar-refractivity contribution in [1.29, 1.82) is 0 Å². The van der Waals surface area contributed by atoms with Crippen molar-refractivity contribution in [3.8, 4) is 0 Å². The lowest BCUT2D eigenvalue weighted by molar-refractivity contribution is -0.139. The van der Waals surface area contributed by atoms with Crippen LogP contribution >= 0.6 is 22.9 Å². The van der Waals surface area contributed by atoms with E-state index in [0.29, 0.717) is 22.9 Å². The Morgan fingerprint density at radius 3 is 2.96 bits per heavy atom. The van der Waals surface area contributed by atoms with Crippen LogP contribution in [0.4, 0.5) is 4.39 Å². The fraction of sp³-hybridized carbons (Fsp3) is 0.350. The van der Waals surface area contributed by atoms with E-state index in [2.05, 4.69) is 16.8 Å². The standard InChI is InChI=1S/C20H19ClFN3O2S/c1-3-27-20(26)16-15-8-11(2)10-25(15)18(19-23-6-7-28-19)24-17(16)13-5-4-12(22)9-14(13)21/h4-7,9,11,17H,3,8,10H2,1-2H3/t11-,17+/m0/s1. The van der Waals surface area contributed by atoms with Crippen LogP contribution in [-0.4, -0.2) is 34.8 Å². The van der Waals surface area contributed by atoms with Gasteiger partial charge in [-0.25, -0.2) is 14.2 Å². The van der Waals surface area contributed by atoms with E-state index in [4.69, 9.17) is 21.3 Å². The molecule has 0 aliphatic carbocycles. The van der Waals surface area contributed by atoms with Gasteiger partial charge in [-0.1, -0.05) is 24.6 Å². The maximum Gasteiger partial charge on any atom is 0.338 e. The molecule has 8 heteroatoms.